The van der Waals surface area contributed by atoms with Crippen molar-refractivity contribution < 1.29 is 0 Å². The third kappa shape index (κ3) is 3.39. The van der Waals surface area contributed by atoms with Gasteiger partial charge in [0.05, 0.1) is 11.8 Å². The van der Waals surface area contributed by atoms with Crippen molar-refractivity contribution in [2.45, 2.75) is 0 Å². The predicted molar refractivity (Wildman–Crippen MR) is 69.7 cm³/mol. The third-order valence-corrected chi connectivity index (χ3v) is 2.43. The summed E-state index contributed by atoms with van der Waals surface area (Å²) in [6.07, 6.45) is 1.60. The largest absolute Gasteiger partial charge is 0.389 e. The van der Waals surface area contributed by atoms with E-state index in [1.807, 2.05) is 26.0 Å². The highest BCUT2D eigenvalue weighted by Gasteiger charge is 2.11. The van der Waals surface area contributed by atoms with Gasteiger partial charge < -0.3 is 15.5 Å². The first kappa shape index (κ1) is 12.8. The molecule has 1 heterocycles. The van der Waals surface area contributed by atoms with E-state index in [1.165, 1.54) is 0 Å². The number of rotatable bonds is 5. The average molecular weight is 239 g/mol. The van der Waals surface area contributed by atoms with Crippen molar-refractivity contribution in [1.29, 1.82) is 0 Å². The fourth-order valence-electron chi connectivity index (χ4n) is 1.25. The molecule has 0 spiro atoms. The van der Waals surface area contributed by atoms with Crippen LogP contribution < -0.4 is 10.6 Å². The van der Waals surface area contributed by atoms with Crippen LogP contribution in [0, 0.1) is 0 Å². The summed E-state index contributed by atoms with van der Waals surface area (Å²) in [7, 11) is 6.01. The van der Waals surface area contributed by atoms with E-state index >= 15 is 0 Å². The summed E-state index contributed by atoms with van der Waals surface area (Å²) in [6.45, 7) is 1.78. The van der Waals surface area contributed by atoms with E-state index in [0.717, 1.165) is 24.5 Å². The molecule has 0 aromatic carbocycles. The minimum atomic E-state index is 0.349. The second-order valence-electron chi connectivity index (χ2n) is 3.86. The maximum Gasteiger partial charge on any atom is 0.161 e. The van der Waals surface area contributed by atoms with Crippen molar-refractivity contribution in [3.8, 4) is 0 Å². The van der Waals surface area contributed by atoms with Crippen LogP contribution in [0.25, 0.3) is 0 Å². The summed E-state index contributed by atoms with van der Waals surface area (Å²) in [6, 6.07) is 1.79. The Balaban J connectivity index is 2.82. The molecule has 2 N–H and O–H groups in total. The number of aromatic nitrogens is 2. The molecule has 0 amide bonds. The molecule has 1 aromatic heterocycles. The Morgan fingerprint density at radius 2 is 2.06 bits per heavy atom. The van der Waals surface area contributed by atoms with Crippen LogP contribution in [0.3, 0.4) is 0 Å². The van der Waals surface area contributed by atoms with Crippen LogP contribution in [0.5, 0.6) is 0 Å². The number of hydrogen-bond donors (Lipinski definition) is 1. The average Bonchev–Trinajstić information content (AvgIpc) is 2.25. The zero-order valence-corrected chi connectivity index (χ0v) is 10.7. The molecular weight excluding hydrogens is 222 g/mol. The van der Waals surface area contributed by atoms with Crippen LogP contribution in [0.2, 0.25) is 0 Å². The van der Waals surface area contributed by atoms with Crippen LogP contribution in [0.4, 0.5) is 5.82 Å². The van der Waals surface area contributed by atoms with E-state index in [4.69, 9.17) is 18.0 Å². The summed E-state index contributed by atoms with van der Waals surface area (Å²) in [5, 5.41) is 7.92. The van der Waals surface area contributed by atoms with Crippen molar-refractivity contribution in [3.63, 3.8) is 0 Å². The highest BCUT2D eigenvalue weighted by atomic mass is 32.1. The highest BCUT2D eigenvalue weighted by molar-refractivity contribution is 7.80. The quantitative estimate of drug-likeness (QED) is 0.736. The van der Waals surface area contributed by atoms with Crippen molar-refractivity contribution in [2.75, 3.05) is 39.1 Å². The fourth-order valence-corrected chi connectivity index (χ4v) is 1.41. The maximum atomic E-state index is 5.63. The van der Waals surface area contributed by atoms with Gasteiger partial charge in [-0.05, 0) is 20.2 Å². The predicted octanol–water partition coefficient (Wildman–Crippen LogP) is 0.109. The van der Waals surface area contributed by atoms with Gasteiger partial charge in [0.15, 0.2) is 5.82 Å². The molecule has 0 radical (unpaired) electrons. The monoisotopic (exact) mass is 239 g/mol. The maximum absolute atomic E-state index is 5.63. The second kappa shape index (κ2) is 5.72. The minimum absolute atomic E-state index is 0.349. The summed E-state index contributed by atoms with van der Waals surface area (Å²) >= 11 is 4.98. The molecule has 5 nitrogen and oxygen atoms in total. The zero-order chi connectivity index (χ0) is 12.1. The van der Waals surface area contributed by atoms with Crippen LogP contribution in [0.15, 0.2) is 12.3 Å². The van der Waals surface area contributed by atoms with Gasteiger partial charge in [0.2, 0.25) is 0 Å². The normalized spacial score (nSPS) is 10.5. The van der Waals surface area contributed by atoms with Crippen molar-refractivity contribution in [2.24, 2.45) is 5.73 Å². The van der Waals surface area contributed by atoms with Crippen LogP contribution in [0.1, 0.15) is 5.56 Å². The summed E-state index contributed by atoms with van der Waals surface area (Å²) in [5.74, 6) is 0.733. The lowest BCUT2D eigenvalue weighted by molar-refractivity contribution is 0.416. The number of nitrogens with two attached hydrogens (primary N) is 1. The Kier molecular flexibility index (Phi) is 4.57. The van der Waals surface area contributed by atoms with E-state index in [9.17, 15) is 0 Å². The Morgan fingerprint density at radius 1 is 1.38 bits per heavy atom. The first-order valence-electron chi connectivity index (χ1n) is 4.99. The summed E-state index contributed by atoms with van der Waals surface area (Å²) < 4.78 is 0. The number of hydrogen-bond acceptors (Lipinski definition) is 5. The SMILES string of the molecule is CN(C)CCN(C)c1nnccc1C(N)=S. The molecule has 0 unspecified atom stereocenters. The van der Waals surface area contributed by atoms with Crippen LogP contribution in [-0.2, 0) is 0 Å². The molecule has 16 heavy (non-hydrogen) atoms. The first-order valence-corrected chi connectivity index (χ1v) is 5.40. The first-order chi connectivity index (χ1) is 7.52. The Morgan fingerprint density at radius 3 is 2.62 bits per heavy atom. The van der Waals surface area contributed by atoms with Gasteiger partial charge in [-0.25, -0.2) is 0 Å². The van der Waals surface area contributed by atoms with Crippen LogP contribution in [-0.4, -0.2) is 54.3 Å². The van der Waals surface area contributed by atoms with E-state index in [2.05, 4.69) is 15.1 Å². The minimum Gasteiger partial charge on any atom is -0.389 e. The Hall–Kier alpha value is -1.27. The third-order valence-electron chi connectivity index (χ3n) is 2.21. The lowest BCUT2D eigenvalue weighted by Gasteiger charge is -2.21. The van der Waals surface area contributed by atoms with Gasteiger partial charge in [-0.1, -0.05) is 12.2 Å². The highest BCUT2D eigenvalue weighted by Crippen LogP contribution is 2.13. The van der Waals surface area contributed by atoms with Gasteiger partial charge in [0, 0.05) is 20.1 Å². The molecule has 1 aromatic rings. The molecule has 0 aliphatic rings. The zero-order valence-electron chi connectivity index (χ0n) is 9.84. The van der Waals surface area contributed by atoms with E-state index in [1.54, 1.807) is 12.3 Å². The lowest BCUT2D eigenvalue weighted by Crippen LogP contribution is -2.31. The van der Waals surface area contributed by atoms with Gasteiger partial charge in [-0.15, -0.1) is 5.10 Å². The second-order valence-corrected chi connectivity index (χ2v) is 4.30. The van der Waals surface area contributed by atoms with Gasteiger partial charge >= 0.3 is 0 Å². The number of anilines is 1. The molecule has 88 valence electrons. The van der Waals surface area contributed by atoms with Gasteiger partial charge in [0.25, 0.3) is 0 Å². The van der Waals surface area contributed by atoms with Gasteiger partial charge in [-0.3, -0.25) is 0 Å². The molecule has 0 aliphatic heterocycles. The van der Waals surface area contributed by atoms with Crippen molar-refractivity contribution >= 4 is 23.0 Å². The topological polar surface area (TPSA) is 58.3 Å². The summed E-state index contributed by atoms with van der Waals surface area (Å²) in [5.41, 5.74) is 6.40. The van der Waals surface area contributed by atoms with Crippen LogP contribution >= 0.6 is 12.2 Å². The van der Waals surface area contributed by atoms with Crippen molar-refractivity contribution in [1.82, 2.24) is 15.1 Å². The molecule has 0 saturated heterocycles. The Bertz CT molecular complexity index is 366. The Labute approximate surface area is 101 Å². The van der Waals surface area contributed by atoms with Gasteiger partial charge in [-0.2, -0.15) is 5.10 Å². The lowest BCUT2D eigenvalue weighted by atomic mass is 10.2. The summed E-state index contributed by atoms with van der Waals surface area (Å²) in [4.78, 5) is 4.45. The standard InChI is InChI=1S/C10H17N5S/c1-14(2)6-7-15(3)10-8(9(11)16)4-5-12-13-10/h4-5H,6-7H2,1-3H3,(H2,11,16). The number of likely N-dealkylation sites (N-methyl/N-ethyl adjacent to an activating group) is 2. The number of nitrogens with zero attached hydrogens (tertiary/aromatic N) is 4. The smallest absolute Gasteiger partial charge is 0.161 e. The molecule has 0 atom stereocenters. The molecule has 6 heteroatoms. The molecule has 0 saturated carbocycles. The van der Waals surface area contributed by atoms with Crippen molar-refractivity contribution in [3.05, 3.63) is 17.8 Å². The van der Waals surface area contributed by atoms with E-state index in [0.29, 0.717) is 4.99 Å². The van der Waals surface area contributed by atoms with E-state index < -0.39 is 0 Å². The van der Waals surface area contributed by atoms with E-state index in [-0.39, 0.29) is 0 Å². The van der Waals surface area contributed by atoms with Gasteiger partial charge in [0.1, 0.15) is 4.99 Å². The molecule has 0 bridgehead atoms. The number of thiocarbonyl (C=S) groups is 1. The molecular formula is C10H17N5S. The molecule has 0 aliphatic carbocycles. The fraction of sp³-hybridized carbons (Fsp3) is 0.500. The molecule has 0 fully saturated rings. The molecule has 1 rings (SSSR count).